The molecule has 26 heavy (non-hydrogen) atoms. The van der Waals surface area contributed by atoms with Gasteiger partial charge in [0.2, 0.25) is 0 Å². The molecule has 0 saturated carbocycles. The topological polar surface area (TPSA) is 30.2 Å². The van der Waals surface area contributed by atoms with Gasteiger partial charge in [0.1, 0.15) is 11.5 Å². The normalized spacial score (nSPS) is 12.0. The Morgan fingerprint density at radius 3 is 2.77 bits per heavy atom. The summed E-state index contributed by atoms with van der Waals surface area (Å²) in [5, 5.41) is 2.48. The van der Waals surface area contributed by atoms with Crippen LogP contribution in [-0.2, 0) is 12.6 Å². The van der Waals surface area contributed by atoms with E-state index < -0.39 is 17.6 Å². The third-order valence-electron chi connectivity index (χ3n) is 3.92. The van der Waals surface area contributed by atoms with Crippen molar-refractivity contribution in [2.75, 3.05) is 0 Å². The Kier molecular flexibility index (Phi) is 3.99. The van der Waals surface area contributed by atoms with Crippen LogP contribution in [0.25, 0.3) is 17.0 Å². The largest absolute Gasteiger partial charge is 0.419 e. The van der Waals surface area contributed by atoms with Crippen LogP contribution in [-0.4, -0.2) is 14.4 Å². The van der Waals surface area contributed by atoms with E-state index in [1.807, 2.05) is 34.2 Å². The lowest BCUT2D eigenvalue weighted by Gasteiger charge is -2.09. The van der Waals surface area contributed by atoms with E-state index in [0.29, 0.717) is 16.3 Å². The van der Waals surface area contributed by atoms with Crippen molar-refractivity contribution in [2.24, 2.45) is 0 Å². The molecule has 1 aromatic carbocycles. The van der Waals surface area contributed by atoms with E-state index in [2.05, 4.69) is 9.97 Å². The van der Waals surface area contributed by atoms with E-state index >= 15 is 0 Å². The van der Waals surface area contributed by atoms with Crippen LogP contribution < -0.4 is 0 Å². The Balaban J connectivity index is 1.63. The second-order valence-electron chi connectivity index (χ2n) is 5.69. The van der Waals surface area contributed by atoms with Gasteiger partial charge < -0.3 is 0 Å². The minimum absolute atomic E-state index is 0.199. The average molecular weight is 377 g/mol. The van der Waals surface area contributed by atoms with Crippen molar-refractivity contribution in [1.29, 1.82) is 0 Å². The molecule has 0 aliphatic carbocycles. The molecule has 0 aliphatic rings. The van der Waals surface area contributed by atoms with Crippen LogP contribution >= 0.6 is 11.3 Å². The molecule has 4 aromatic rings. The van der Waals surface area contributed by atoms with Gasteiger partial charge in [-0.3, -0.25) is 4.40 Å². The molecular weight excluding hydrogens is 366 g/mol. The van der Waals surface area contributed by atoms with Crippen molar-refractivity contribution in [3.8, 4) is 11.4 Å². The van der Waals surface area contributed by atoms with Crippen molar-refractivity contribution < 1.29 is 17.6 Å². The zero-order valence-corrected chi connectivity index (χ0v) is 14.0. The maximum atomic E-state index is 13.4. The number of imidazole rings is 1. The molecule has 132 valence electrons. The summed E-state index contributed by atoms with van der Waals surface area (Å²) >= 11 is 1.34. The van der Waals surface area contributed by atoms with Crippen LogP contribution in [0.5, 0.6) is 0 Å². The number of alkyl halides is 3. The molecule has 0 fully saturated rings. The fraction of sp³-hybridized carbons (Fsp3) is 0.111. The SMILES string of the molecule is Fc1ccc(Cc2nc(-c3cnc4ccccn34)cs2)cc1C(F)(F)F. The maximum absolute atomic E-state index is 13.4. The highest BCUT2D eigenvalue weighted by molar-refractivity contribution is 7.10. The number of thiazole rings is 1. The molecule has 0 N–H and O–H groups in total. The molecule has 0 amide bonds. The molecule has 8 heteroatoms. The Bertz CT molecular complexity index is 1080. The summed E-state index contributed by atoms with van der Waals surface area (Å²) in [5.41, 5.74) is 1.39. The number of nitrogens with zero attached hydrogens (tertiary/aromatic N) is 3. The van der Waals surface area contributed by atoms with Gasteiger partial charge in [-0.05, 0) is 29.8 Å². The van der Waals surface area contributed by atoms with Crippen LogP contribution in [0.4, 0.5) is 17.6 Å². The van der Waals surface area contributed by atoms with Crippen molar-refractivity contribution in [3.05, 3.63) is 76.1 Å². The van der Waals surface area contributed by atoms with E-state index in [1.54, 1.807) is 6.20 Å². The first-order valence-corrected chi connectivity index (χ1v) is 8.52. The van der Waals surface area contributed by atoms with Crippen LogP contribution in [0.15, 0.2) is 54.2 Å². The number of aromatic nitrogens is 3. The fourth-order valence-corrected chi connectivity index (χ4v) is 3.53. The van der Waals surface area contributed by atoms with Gasteiger partial charge in [-0.2, -0.15) is 13.2 Å². The quantitative estimate of drug-likeness (QED) is 0.459. The predicted octanol–water partition coefficient (Wildman–Crippen LogP) is 5.21. The minimum atomic E-state index is -4.72. The summed E-state index contributed by atoms with van der Waals surface area (Å²) in [6, 6.07) is 8.66. The molecule has 0 radical (unpaired) electrons. The highest BCUT2D eigenvalue weighted by Crippen LogP contribution is 2.32. The van der Waals surface area contributed by atoms with Crippen molar-refractivity contribution >= 4 is 17.0 Å². The summed E-state index contributed by atoms with van der Waals surface area (Å²) < 4.78 is 53.8. The average Bonchev–Trinajstić information content (AvgIpc) is 3.22. The first-order chi connectivity index (χ1) is 12.4. The first kappa shape index (κ1) is 16.7. The van der Waals surface area contributed by atoms with E-state index in [4.69, 9.17) is 0 Å². The molecule has 3 nitrogen and oxygen atoms in total. The van der Waals surface area contributed by atoms with Crippen molar-refractivity contribution in [2.45, 2.75) is 12.6 Å². The van der Waals surface area contributed by atoms with Gasteiger partial charge in [-0.1, -0.05) is 12.1 Å². The Labute approximate surface area is 149 Å². The maximum Gasteiger partial charge on any atom is 0.419 e. The van der Waals surface area contributed by atoms with Gasteiger partial charge in [0.15, 0.2) is 0 Å². The summed E-state index contributed by atoms with van der Waals surface area (Å²) in [4.78, 5) is 8.79. The Morgan fingerprint density at radius 2 is 1.96 bits per heavy atom. The number of halogens is 4. The first-order valence-electron chi connectivity index (χ1n) is 7.64. The molecule has 3 heterocycles. The standard InChI is InChI=1S/C18H11F4N3S/c19-13-5-4-11(7-12(13)18(20,21)22)8-17-24-14(10-26-17)15-9-23-16-3-1-2-6-25(15)16/h1-7,9-10H,8H2. The molecule has 0 atom stereocenters. The Hall–Kier alpha value is -2.74. The zero-order chi connectivity index (χ0) is 18.3. The van der Waals surface area contributed by atoms with Gasteiger partial charge >= 0.3 is 6.18 Å². The summed E-state index contributed by atoms with van der Waals surface area (Å²) in [6.07, 6.45) is -0.949. The van der Waals surface area contributed by atoms with Gasteiger partial charge in [-0.15, -0.1) is 11.3 Å². The fourth-order valence-electron chi connectivity index (χ4n) is 2.71. The Morgan fingerprint density at radius 1 is 1.12 bits per heavy atom. The van der Waals surface area contributed by atoms with Gasteiger partial charge in [0, 0.05) is 18.0 Å². The van der Waals surface area contributed by atoms with Crippen molar-refractivity contribution in [3.63, 3.8) is 0 Å². The highest BCUT2D eigenvalue weighted by atomic mass is 32.1. The molecule has 0 unspecified atom stereocenters. The molecule has 0 saturated heterocycles. The number of benzene rings is 1. The molecular formula is C18H11F4N3S. The number of hydrogen-bond acceptors (Lipinski definition) is 3. The van der Waals surface area contributed by atoms with Gasteiger partial charge in [0.05, 0.1) is 28.2 Å². The van der Waals surface area contributed by atoms with Gasteiger partial charge in [-0.25, -0.2) is 14.4 Å². The molecule has 0 spiro atoms. The smallest absolute Gasteiger partial charge is 0.298 e. The van der Waals surface area contributed by atoms with E-state index in [9.17, 15) is 17.6 Å². The molecule has 3 aromatic heterocycles. The summed E-state index contributed by atoms with van der Waals surface area (Å²) in [6.45, 7) is 0. The molecule has 0 aliphatic heterocycles. The summed E-state index contributed by atoms with van der Waals surface area (Å²) in [7, 11) is 0. The lowest BCUT2D eigenvalue weighted by molar-refractivity contribution is -0.140. The number of fused-ring (bicyclic) bond motifs is 1. The van der Waals surface area contributed by atoms with E-state index in [-0.39, 0.29) is 6.42 Å². The van der Waals surface area contributed by atoms with Crippen LogP contribution in [0.1, 0.15) is 16.1 Å². The second kappa shape index (κ2) is 6.21. The second-order valence-corrected chi connectivity index (χ2v) is 6.63. The lowest BCUT2D eigenvalue weighted by atomic mass is 10.1. The van der Waals surface area contributed by atoms with Crippen LogP contribution in [0.3, 0.4) is 0 Å². The van der Waals surface area contributed by atoms with Crippen LogP contribution in [0, 0.1) is 5.82 Å². The third kappa shape index (κ3) is 3.08. The number of pyridine rings is 1. The van der Waals surface area contributed by atoms with Crippen molar-refractivity contribution in [1.82, 2.24) is 14.4 Å². The zero-order valence-electron chi connectivity index (χ0n) is 13.2. The minimum Gasteiger partial charge on any atom is -0.298 e. The third-order valence-corrected chi connectivity index (χ3v) is 4.77. The number of hydrogen-bond donors (Lipinski definition) is 0. The van der Waals surface area contributed by atoms with Crippen LogP contribution in [0.2, 0.25) is 0 Å². The molecule has 4 rings (SSSR count). The summed E-state index contributed by atoms with van der Waals surface area (Å²) in [5.74, 6) is -1.27. The highest BCUT2D eigenvalue weighted by Gasteiger charge is 2.34. The monoisotopic (exact) mass is 377 g/mol. The van der Waals surface area contributed by atoms with Gasteiger partial charge in [0.25, 0.3) is 0 Å². The van der Waals surface area contributed by atoms with E-state index in [1.165, 1.54) is 17.4 Å². The lowest BCUT2D eigenvalue weighted by Crippen LogP contribution is -2.08. The number of rotatable bonds is 3. The molecule has 0 bridgehead atoms. The predicted molar refractivity (Wildman–Crippen MR) is 90.5 cm³/mol. The van der Waals surface area contributed by atoms with E-state index in [0.717, 1.165) is 23.5 Å².